The lowest BCUT2D eigenvalue weighted by Gasteiger charge is -2.20. The summed E-state index contributed by atoms with van der Waals surface area (Å²) in [6.07, 6.45) is 3.36. The molecule has 0 rings (SSSR count). The largest absolute Gasteiger partial charge is 0.395 e. The molecule has 0 aliphatic rings. The Balaban J connectivity index is 3.69. The van der Waals surface area contributed by atoms with E-state index < -0.39 is 12.1 Å². The molecule has 0 bridgehead atoms. The monoisotopic (exact) mass is 290 g/mol. The lowest BCUT2D eigenvalue weighted by atomic mass is 10.2. The van der Waals surface area contributed by atoms with Crippen LogP contribution in [0.4, 0.5) is 9.59 Å². The van der Waals surface area contributed by atoms with E-state index in [9.17, 15) is 9.59 Å². The zero-order valence-electron chi connectivity index (χ0n) is 11.8. The minimum Gasteiger partial charge on any atom is -0.395 e. The van der Waals surface area contributed by atoms with Crippen LogP contribution >= 0.6 is 0 Å². The number of primary amides is 2. The lowest BCUT2D eigenvalue weighted by Crippen LogP contribution is -2.38. The summed E-state index contributed by atoms with van der Waals surface area (Å²) >= 11 is 0. The van der Waals surface area contributed by atoms with Crippen molar-refractivity contribution in [3.8, 4) is 0 Å². The molecule has 0 aromatic carbocycles. The van der Waals surface area contributed by atoms with Crippen LogP contribution in [0.5, 0.6) is 0 Å². The Morgan fingerprint density at radius 1 is 0.700 bits per heavy atom. The van der Waals surface area contributed by atoms with Gasteiger partial charge in [0.25, 0.3) is 0 Å². The van der Waals surface area contributed by atoms with Crippen molar-refractivity contribution in [3.63, 3.8) is 0 Å². The summed E-state index contributed by atoms with van der Waals surface area (Å²) in [5.41, 5.74) is 10.3. The maximum Gasteiger partial charge on any atom is 0.314 e. The van der Waals surface area contributed by atoms with E-state index in [4.69, 9.17) is 21.7 Å². The van der Waals surface area contributed by atoms with Gasteiger partial charge in [0, 0.05) is 26.2 Å². The summed E-state index contributed by atoms with van der Waals surface area (Å²) in [6, 6.07) is -1.05. The Bertz CT molecular complexity index is 261. The van der Waals surface area contributed by atoms with Crippen LogP contribution in [0, 0.1) is 0 Å². The van der Waals surface area contributed by atoms with Crippen molar-refractivity contribution < 1.29 is 19.8 Å². The van der Waals surface area contributed by atoms with Crippen molar-refractivity contribution in [2.45, 2.75) is 25.7 Å². The molecule has 0 fully saturated rings. The highest BCUT2D eigenvalue weighted by Gasteiger charge is 2.09. The fourth-order valence-electron chi connectivity index (χ4n) is 1.86. The van der Waals surface area contributed by atoms with E-state index in [-0.39, 0.29) is 26.3 Å². The predicted octanol–water partition coefficient (Wildman–Crippen LogP) is -0.707. The second-order valence-electron chi connectivity index (χ2n) is 4.51. The minimum absolute atomic E-state index is 0.0995. The van der Waals surface area contributed by atoms with Crippen LogP contribution in [0.3, 0.4) is 0 Å². The molecule has 0 spiro atoms. The molecule has 0 aliphatic heterocycles. The van der Waals surface area contributed by atoms with Gasteiger partial charge in [-0.05, 0) is 12.8 Å². The van der Waals surface area contributed by atoms with E-state index in [0.29, 0.717) is 13.1 Å². The number of carbonyl (C=O) groups is 2. The van der Waals surface area contributed by atoms with E-state index in [1.54, 1.807) is 0 Å². The first-order valence-corrected chi connectivity index (χ1v) is 6.83. The second-order valence-corrected chi connectivity index (χ2v) is 4.51. The van der Waals surface area contributed by atoms with Crippen LogP contribution in [0.15, 0.2) is 0 Å². The number of hydrogen-bond donors (Lipinski definition) is 4. The standard InChI is InChI=1S/C12H26N4O4/c13-11(19)15(7-9-17)5-3-1-2-4-6-16(8-10-18)12(14)20/h17-18H,1-10H2,(H2,13,19)(H2,14,20). The molecule has 8 nitrogen and oxygen atoms in total. The number of aliphatic hydroxyl groups excluding tert-OH is 2. The van der Waals surface area contributed by atoms with E-state index in [1.807, 2.05) is 0 Å². The molecule has 0 unspecified atom stereocenters. The molecule has 0 atom stereocenters. The molecule has 0 aliphatic carbocycles. The lowest BCUT2D eigenvalue weighted by molar-refractivity contribution is 0.181. The van der Waals surface area contributed by atoms with Crippen molar-refractivity contribution in [2.24, 2.45) is 11.5 Å². The molecule has 0 saturated heterocycles. The fourth-order valence-corrected chi connectivity index (χ4v) is 1.86. The van der Waals surface area contributed by atoms with Crippen LogP contribution in [0.25, 0.3) is 0 Å². The number of aliphatic hydroxyl groups is 2. The maximum atomic E-state index is 11.0. The average Bonchev–Trinajstić information content (AvgIpc) is 2.39. The molecule has 4 amide bonds. The Morgan fingerprint density at radius 2 is 1.05 bits per heavy atom. The van der Waals surface area contributed by atoms with Gasteiger partial charge in [-0.25, -0.2) is 9.59 Å². The summed E-state index contributed by atoms with van der Waals surface area (Å²) in [5.74, 6) is 0. The molecular formula is C12H26N4O4. The van der Waals surface area contributed by atoms with E-state index in [1.165, 1.54) is 9.80 Å². The number of unbranched alkanes of at least 4 members (excludes halogenated alkanes) is 3. The van der Waals surface area contributed by atoms with Gasteiger partial charge < -0.3 is 31.5 Å². The SMILES string of the molecule is NC(=O)N(CCO)CCCCCCN(CCO)C(N)=O. The van der Waals surface area contributed by atoms with Crippen molar-refractivity contribution in [2.75, 3.05) is 39.4 Å². The molecule has 6 N–H and O–H groups in total. The zero-order chi connectivity index (χ0) is 15.4. The van der Waals surface area contributed by atoms with Crippen LogP contribution in [-0.4, -0.2) is 71.5 Å². The number of rotatable bonds is 11. The number of urea groups is 2. The average molecular weight is 290 g/mol. The summed E-state index contributed by atoms with van der Waals surface area (Å²) in [4.78, 5) is 24.8. The highest BCUT2D eigenvalue weighted by molar-refractivity contribution is 5.72. The third kappa shape index (κ3) is 8.54. The number of nitrogens with zero attached hydrogens (tertiary/aromatic N) is 2. The summed E-state index contributed by atoms with van der Waals surface area (Å²) in [6.45, 7) is 1.34. The molecule has 0 aromatic rings. The Morgan fingerprint density at radius 3 is 1.30 bits per heavy atom. The molecule has 20 heavy (non-hydrogen) atoms. The fraction of sp³-hybridized carbons (Fsp3) is 0.833. The highest BCUT2D eigenvalue weighted by Crippen LogP contribution is 2.03. The third-order valence-corrected chi connectivity index (χ3v) is 2.97. The quantitative estimate of drug-likeness (QED) is 0.374. The first kappa shape index (κ1) is 18.5. The third-order valence-electron chi connectivity index (χ3n) is 2.97. The first-order valence-electron chi connectivity index (χ1n) is 6.83. The second kappa shape index (κ2) is 11.3. The van der Waals surface area contributed by atoms with Crippen LogP contribution < -0.4 is 11.5 Å². The maximum absolute atomic E-state index is 11.0. The van der Waals surface area contributed by atoms with E-state index in [0.717, 1.165) is 25.7 Å². The van der Waals surface area contributed by atoms with Crippen LogP contribution in [0.2, 0.25) is 0 Å². The highest BCUT2D eigenvalue weighted by atomic mass is 16.3. The number of nitrogens with two attached hydrogens (primary N) is 2. The summed E-state index contributed by atoms with van der Waals surface area (Å²) in [5, 5.41) is 17.5. The van der Waals surface area contributed by atoms with Gasteiger partial charge in [0.15, 0.2) is 0 Å². The van der Waals surface area contributed by atoms with Crippen molar-refractivity contribution in [1.82, 2.24) is 9.80 Å². The number of hydrogen-bond acceptors (Lipinski definition) is 4. The molecule has 0 radical (unpaired) electrons. The summed E-state index contributed by atoms with van der Waals surface area (Å²) in [7, 11) is 0. The zero-order valence-corrected chi connectivity index (χ0v) is 11.8. The molecule has 118 valence electrons. The van der Waals surface area contributed by atoms with Gasteiger partial charge in [-0.1, -0.05) is 12.8 Å². The Labute approximate surface area is 119 Å². The van der Waals surface area contributed by atoms with Crippen LogP contribution in [-0.2, 0) is 0 Å². The van der Waals surface area contributed by atoms with Gasteiger partial charge in [-0.15, -0.1) is 0 Å². The predicted molar refractivity (Wildman–Crippen MR) is 75.0 cm³/mol. The van der Waals surface area contributed by atoms with Gasteiger partial charge in [-0.3, -0.25) is 0 Å². The van der Waals surface area contributed by atoms with E-state index in [2.05, 4.69) is 0 Å². The Kier molecular flexibility index (Phi) is 10.4. The molecule has 0 heterocycles. The Hall–Kier alpha value is -1.54. The van der Waals surface area contributed by atoms with E-state index >= 15 is 0 Å². The molecular weight excluding hydrogens is 264 g/mol. The molecule has 8 heteroatoms. The van der Waals surface area contributed by atoms with Crippen molar-refractivity contribution in [1.29, 1.82) is 0 Å². The van der Waals surface area contributed by atoms with Crippen molar-refractivity contribution >= 4 is 12.1 Å². The number of amides is 4. The summed E-state index contributed by atoms with van der Waals surface area (Å²) < 4.78 is 0. The van der Waals surface area contributed by atoms with Crippen LogP contribution in [0.1, 0.15) is 25.7 Å². The number of carbonyl (C=O) groups excluding carboxylic acids is 2. The van der Waals surface area contributed by atoms with Gasteiger partial charge in [0.2, 0.25) is 0 Å². The van der Waals surface area contributed by atoms with Gasteiger partial charge in [0.1, 0.15) is 0 Å². The van der Waals surface area contributed by atoms with Gasteiger partial charge in [0.05, 0.1) is 13.2 Å². The van der Waals surface area contributed by atoms with Gasteiger partial charge >= 0.3 is 12.1 Å². The topological polar surface area (TPSA) is 133 Å². The smallest absolute Gasteiger partial charge is 0.314 e. The molecule has 0 saturated carbocycles. The minimum atomic E-state index is -0.526. The molecule has 0 aromatic heterocycles. The first-order chi connectivity index (χ1) is 9.52. The van der Waals surface area contributed by atoms with Crippen molar-refractivity contribution in [3.05, 3.63) is 0 Å². The normalized spacial score (nSPS) is 10.3. The van der Waals surface area contributed by atoms with Gasteiger partial charge in [-0.2, -0.15) is 0 Å².